The molecule has 0 bridgehead atoms. The van der Waals surface area contributed by atoms with E-state index in [9.17, 15) is 9.90 Å². The summed E-state index contributed by atoms with van der Waals surface area (Å²) in [4.78, 5) is 15.6. The van der Waals surface area contributed by atoms with Gasteiger partial charge in [0.1, 0.15) is 24.1 Å². The molecule has 3 N–H and O–H groups in total. The molecule has 0 unspecified atom stereocenters. The van der Waals surface area contributed by atoms with E-state index in [-0.39, 0.29) is 12.4 Å². The topological polar surface area (TPSA) is 109 Å². The fraction of sp³-hybridized carbons (Fsp3) is 0.667. The smallest absolute Gasteiger partial charge is 0.351 e. The Morgan fingerprint density at radius 3 is 2.80 bits per heavy atom. The summed E-state index contributed by atoms with van der Waals surface area (Å²) in [5.41, 5.74) is 4.94. The first kappa shape index (κ1) is 13.5. The van der Waals surface area contributed by atoms with Crippen LogP contribution in [0.1, 0.15) is 20.1 Å². The Hall–Kier alpha value is -1.48. The standard InChI is InChI=1S/C12H17N3O5/c1-12(2)19-8-6(5-16)18-10(9(8)20-12)15-4-3-7(13)14-11(15)17/h3-4,6,8-10,16H,5H2,1-2H3,(H2,13,14,17)/t6-,8+,9-,10-/m0/s1. The van der Waals surface area contributed by atoms with E-state index in [1.807, 2.05) is 0 Å². The zero-order valence-electron chi connectivity index (χ0n) is 11.2. The molecule has 4 atom stereocenters. The number of nitrogens with zero attached hydrogens (tertiary/aromatic N) is 2. The molecule has 0 aromatic carbocycles. The second kappa shape index (κ2) is 4.52. The lowest BCUT2D eigenvalue weighted by molar-refractivity contribution is -0.200. The molecule has 1 aromatic rings. The van der Waals surface area contributed by atoms with Crippen molar-refractivity contribution in [3.8, 4) is 0 Å². The number of fused-ring (bicyclic) bond motifs is 1. The first-order chi connectivity index (χ1) is 9.41. The number of nitrogens with two attached hydrogens (primary N) is 1. The van der Waals surface area contributed by atoms with Crippen LogP contribution in [0.4, 0.5) is 5.82 Å². The van der Waals surface area contributed by atoms with Gasteiger partial charge in [0.05, 0.1) is 6.61 Å². The van der Waals surface area contributed by atoms with Crippen molar-refractivity contribution in [1.82, 2.24) is 9.55 Å². The first-order valence-electron chi connectivity index (χ1n) is 6.38. The van der Waals surface area contributed by atoms with Gasteiger partial charge >= 0.3 is 5.69 Å². The maximum atomic E-state index is 11.9. The lowest BCUT2D eigenvalue weighted by Crippen LogP contribution is -2.35. The van der Waals surface area contributed by atoms with Crippen LogP contribution in [-0.4, -0.2) is 45.4 Å². The summed E-state index contributed by atoms with van der Waals surface area (Å²) in [6.45, 7) is 3.34. The Labute approximate surface area is 115 Å². The Kier molecular flexibility index (Phi) is 3.05. The van der Waals surface area contributed by atoms with E-state index in [1.165, 1.54) is 16.8 Å². The van der Waals surface area contributed by atoms with Crippen molar-refractivity contribution >= 4 is 5.82 Å². The molecule has 2 aliphatic heterocycles. The third-order valence-electron chi connectivity index (χ3n) is 3.43. The molecule has 1 aromatic heterocycles. The minimum absolute atomic E-state index is 0.142. The third kappa shape index (κ3) is 2.10. The molecule has 0 aliphatic carbocycles. The zero-order chi connectivity index (χ0) is 14.5. The summed E-state index contributed by atoms with van der Waals surface area (Å²) in [5.74, 6) is -0.640. The highest BCUT2D eigenvalue weighted by Crippen LogP contribution is 2.42. The largest absolute Gasteiger partial charge is 0.394 e. The van der Waals surface area contributed by atoms with Crippen LogP contribution in [0, 0.1) is 0 Å². The summed E-state index contributed by atoms with van der Waals surface area (Å²) in [5, 5.41) is 9.38. The summed E-state index contributed by atoms with van der Waals surface area (Å²) >= 11 is 0. The van der Waals surface area contributed by atoms with E-state index in [1.54, 1.807) is 13.8 Å². The van der Waals surface area contributed by atoms with Crippen molar-refractivity contribution in [3.05, 3.63) is 22.7 Å². The quantitative estimate of drug-likeness (QED) is 0.734. The van der Waals surface area contributed by atoms with Gasteiger partial charge in [0.2, 0.25) is 0 Å². The third-order valence-corrected chi connectivity index (χ3v) is 3.43. The Bertz CT molecular complexity index is 572. The monoisotopic (exact) mass is 283 g/mol. The van der Waals surface area contributed by atoms with Crippen LogP contribution in [0.5, 0.6) is 0 Å². The maximum absolute atomic E-state index is 11.9. The second-order valence-electron chi connectivity index (χ2n) is 5.35. The van der Waals surface area contributed by atoms with Crippen LogP contribution < -0.4 is 11.4 Å². The van der Waals surface area contributed by atoms with Crippen molar-refractivity contribution in [2.75, 3.05) is 12.3 Å². The maximum Gasteiger partial charge on any atom is 0.351 e. The second-order valence-corrected chi connectivity index (χ2v) is 5.35. The molecule has 0 radical (unpaired) electrons. The van der Waals surface area contributed by atoms with E-state index < -0.39 is 36.0 Å². The molecule has 8 nitrogen and oxygen atoms in total. The van der Waals surface area contributed by atoms with Crippen molar-refractivity contribution in [2.45, 2.75) is 44.2 Å². The van der Waals surface area contributed by atoms with Gasteiger partial charge in [-0.2, -0.15) is 4.98 Å². The average Bonchev–Trinajstić information content (AvgIpc) is 2.83. The molecule has 110 valence electrons. The SMILES string of the molecule is CC1(C)O[C@H]2[C@H](O1)[C@@H](n1ccc(N)nc1=O)O[C@H]2CO. The predicted molar refractivity (Wildman–Crippen MR) is 67.7 cm³/mol. The molecular formula is C12H17N3O5. The summed E-state index contributed by atoms with van der Waals surface area (Å²) in [6.07, 6.45) is -0.647. The summed E-state index contributed by atoms with van der Waals surface area (Å²) in [7, 11) is 0. The highest BCUT2D eigenvalue weighted by molar-refractivity contribution is 5.23. The van der Waals surface area contributed by atoms with Crippen molar-refractivity contribution in [1.29, 1.82) is 0 Å². The highest BCUT2D eigenvalue weighted by Gasteiger charge is 2.55. The van der Waals surface area contributed by atoms with Crippen LogP contribution in [0.3, 0.4) is 0 Å². The van der Waals surface area contributed by atoms with Crippen LogP contribution in [0.15, 0.2) is 17.1 Å². The number of aliphatic hydroxyl groups is 1. The highest BCUT2D eigenvalue weighted by atomic mass is 16.8. The van der Waals surface area contributed by atoms with Crippen LogP contribution in [-0.2, 0) is 14.2 Å². The van der Waals surface area contributed by atoms with Gasteiger partial charge in [0, 0.05) is 6.20 Å². The van der Waals surface area contributed by atoms with Gasteiger partial charge in [-0.3, -0.25) is 4.57 Å². The number of anilines is 1. The van der Waals surface area contributed by atoms with E-state index >= 15 is 0 Å². The van der Waals surface area contributed by atoms with Gasteiger partial charge in [0.15, 0.2) is 12.0 Å². The molecule has 3 heterocycles. The normalized spacial score (nSPS) is 35.1. The van der Waals surface area contributed by atoms with Gasteiger partial charge in [-0.05, 0) is 19.9 Å². The molecule has 2 aliphatic rings. The molecule has 0 amide bonds. The van der Waals surface area contributed by atoms with Gasteiger partial charge in [-0.1, -0.05) is 0 Å². The molecule has 20 heavy (non-hydrogen) atoms. The van der Waals surface area contributed by atoms with Crippen molar-refractivity contribution < 1.29 is 19.3 Å². The molecular weight excluding hydrogens is 266 g/mol. The molecule has 8 heteroatoms. The van der Waals surface area contributed by atoms with Gasteiger partial charge in [-0.15, -0.1) is 0 Å². The lowest BCUT2D eigenvalue weighted by Gasteiger charge is -2.24. The van der Waals surface area contributed by atoms with E-state index in [2.05, 4.69) is 4.98 Å². The molecule has 2 saturated heterocycles. The average molecular weight is 283 g/mol. The van der Waals surface area contributed by atoms with E-state index in [0.29, 0.717) is 0 Å². The number of hydrogen-bond donors (Lipinski definition) is 2. The van der Waals surface area contributed by atoms with Gasteiger partial charge < -0.3 is 25.1 Å². The number of hydrogen-bond acceptors (Lipinski definition) is 7. The van der Waals surface area contributed by atoms with Crippen molar-refractivity contribution in [2.24, 2.45) is 0 Å². The Morgan fingerprint density at radius 1 is 1.45 bits per heavy atom. The Morgan fingerprint density at radius 2 is 2.15 bits per heavy atom. The molecule has 3 rings (SSSR count). The van der Waals surface area contributed by atoms with E-state index in [0.717, 1.165) is 0 Å². The van der Waals surface area contributed by atoms with Gasteiger partial charge in [-0.25, -0.2) is 4.79 Å². The number of aliphatic hydroxyl groups excluding tert-OH is 1. The number of rotatable bonds is 2. The first-order valence-corrected chi connectivity index (χ1v) is 6.38. The van der Waals surface area contributed by atoms with Crippen LogP contribution in [0.25, 0.3) is 0 Å². The zero-order valence-corrected chi connectivity index (χ0v) is 11.2. The van der Waals surface area contributed by atoms with Crippen LogP contribution >= 0.6 is 0 Å². The van der Waals surface area contributed by atoms with E-state index in [4.69, 9.17) is 19.9 Å². The number of ether oxygens (including phenoxy) is 3. The summed E-state index contributed by atoms with van der Waals surface area (Å²) in [6, 6.07) is 1.51. The lowest BCUT2D eigenvalue weighted by atomic mass is 10.1. The van der Waals surface area contributed by atoms with Gasteiger partial charge in [0.25, 0.3) is 0 Å². The molecule has 0 saturated carbocycles. The Balaban J connectivity index is 1.96. The molecule has 0 spiro atoms. The minimum Gasteiger partial charge on any atom is -0.394 e. The minimum atomic E-state index is -0.782. The predicted octanol–water partition coefficient (Wildman–Crippen LogP) is -0.765. The fourth-order valence-corrected chi connectivity index (χ4v) is 2.65. The fourth-order valence-electron chi connectivity index (χ4n) is 2.65. The summed E-state index contributed by atoms with van der Waals surface area (Å²) < 4.78 is 18.5. The van der Waals surface area contributed by atoms with Crippen LogP contribution in [0.2, 0.25) is 0 Å². The number of nitrogen functional groups attached to an aromatic ring is 1. The molecule has 2 fully saturated rings. The van der Waals surface area contributed by atoms with Crippen molar-refractivity contribution in [3.63, 3.8) is 0 Å². The number of aromatic nitrogens is 2.